The molecule has 0 aliphatic heterocycles. The smallest absolute Gasteiger partial charge is 0.328 e. The SMILES string of the molecule is CC1(CNC(=O)NN)C(=O)c2ccccc2C1=O. The van der Waals surface area contributed by atoms with Crippen molar-refractivity contribution in [2.45, 2.75) is 6.92 Å². The lowest BCUT2D eigenvalue weighted by Crippen LogP contribution is -2.47. The molecule has 0 heterocycles. The first-order chi connectivity index (χ1) is 8.50. The number of fused-ring (bicyclic) bond motifs is 1. The van der Waals surface area contributed by atoms with Crippen molar-refractivity contribution in [1.82, 2.24) is 10.7 Å². The molecule has 0 atom stereocenters. The van der Waals surface area contributed by atoms with Crippen LogP contribution in [0.3, 0.4) is 0 Å². The fraction of sp³-hybridized carbons (Fsp3) is 0.250. The Morgan fingerprint density at radius 2 is 1.72 bits per heavy atom. The van der Waals surface area contributed by atoms with Crippen LogP contribution in [0.2, 0.25) is 0 Å². The highest BCUT2D eigenvalue weighted by molar-refractivity contribution is 6.29. The highest BCUT2D eigenvalue weighted by atomic mass is 16.2. The molecule has 0 bridgehead atoms. The summed E-state index contributed by atoms with van der Waals surface area (Å²) < 4.78 is 0. The number of urea groups is 1. The number of ketones is 2. The molecule has 0 unspecified atom stereocenters. The lowest BCUT2D eigenvalue weighted by Gasteiger charge is -2.20. The van der Waals surface area contributed by atoms with Gasteiger partial charge in [-0.25, -0.2) is 10.6 Å². The van der Waals surface area contributed by atoms with Gasteiger partial charge in [0.25, 0.3) is 0 Å². The Balaban J connectivity index is 2.29. The molecule has 0 spiro atoms. The second-order valence-corrected chi connectivity index (χ2v) is 4.36. The molecule has 1 aliphatic rings. The molecule has 4 N–H and O–H groups in total. The molecule has 6 heteroatoms. The lowest BCUT2D eigenvalue weighted by molar-refractivity contribution is 0.0725. The van der Waals surface area contributed by atoms with Gasteiger partial charge < -0.3 is 5.32 Å². The van der Waals surface area contributed by atoms with Crippen LogP contribution in [-0.2, 0) is 0 Å². The second kappa shape index (κ2) is 4.23. The van der Waals surface area contributed by atoms with Crippen molar-refractivity contribution in [2.24, 2.45) is 11.3 Å². The quantitative estimate of drug-likeness (QED) is 0.301. The number of hydrazine groups is 1. The van der Waals surface area contributed by atoms with Crippen LogP contribution in [0.15, 0.2) is 24.3 Å². The first-order valence-electron chi connectivity index (χ1n) is 5.44. The third-order valence-corrected chi connectivity index (χ3v) is 3.15. The van der Waals surface area contributed by atoms with E-state index in [1.54, 1.807) is 24.3 Å². The zero-order valence-electron chi connectivity index (χ0n) is 9.82. The largest absolute Gasteiger partial charge is 0.336 e. The van der Waals surface area contributed by atoms with Crippen molar-refractivity contribution in [1.29, 1.82) is 0 Å². The van der Waals surface area contributed by atoms with E-state index in [9.17, 15) is 14.4 Å². The molecular weight excluding hydrogens is 234 g/mol. The third kappa shape index (κ3) is 1.67. The molecule has 94 valence electrons. The predicted molar refractivity (Wildman–Crippen MR) is 63.9 cm³/mol. The van der Waals surface area contributed by atoms with Gasteiger partial charge in [-0.1, -0.05) is 24.3 Å². The number of benzene rings is 1. The molecular formula is C12H13N3O3. The molecule has 18 heavy (non-hydrogen) atoms. The number of Topliss-reactive ketones (excluding diaryl/α,β-unsaturated/α-hetero) is 2. The number of carbonyl (C=O) groups is 3. The van der Waals surface area contributed by atoms with E-state index in [-0.39, 0.29) is 18.1 Å². The van der Waals surface area contributed by atoms with Crippen LogP contribution in [0, 0.1) is 5.41 Å². The Labute approximate surface area is 104 Å². The number of nitrogens with one attached hydrogen (secondary N) is 2. The first kappa shape index (κ1) is 12.3. The van der Waals surface area contributed by atoms with Crippen LogP contribution in [-0.4, -0.2) is 24.1 Å². The number of carbonyl (C=O) groups excluding carboxylic acids is 3. The van der Waals surface area contributed by atoms with Crippen LogP contribution in [0.25, 0.3) is 0 Å². The second-order valence-electron chi connectivity index (χ2n) is 4.36. The van der Waals surface area contributed by atoms with Gasteiger partial charge >= 0.3 is 6.03 Å². The Hall–Kier alpha value is -2.21. The summed E-state index contributed by atoms with van der Waals surface area (Å²) >= 11 is 0. The predicted octanol–water partition coefficient (Wildman–Crippen LogP) is 0.245. The topological polar surface area (TPSA) is 101 Å². The van der Waals surface area contributed by atoms with Gasteiger partial charge in [-0.2, -0.15) is 0 Å². The molecule has 1 aromatic rings. The van der Waals surface area contributed by atoms with Crippen LogP contribution in [0.5, 0.6) is 0 Å². The number of amides is 2. The summed E-state index contributed by atoms with van der Waals surface area (Å²) in [5.74, 6) is 4.37. The molecule has 1 aromatic carbocycles. The molecule has 0 radical (unpaired) electrons. The van der Waals surface area contributed by atoms with Crippen molar-refractivity contribution in [3.63, 3.8) is 0 Å². The van der Waals surface area contributed by atoms with Gasteiger partial charge in [-0.3, -0.25) is 15.0 Å². The first-order valence-corrected chi connectivity index (χ1v) is 5.44. The van der Waals surface area contributed by atoms with Crippen molar-refractivity contribution in [3.05, 3.63) is 35.4 Å². The van der Waals surface area contributed by atoms with Gasteiger partial charge in [-0.05, 0) is 6.92 Å². The summed E-state index contributed by atoms with van der Waals surface area (Å²) in [5, 5.41) is 2.39. The summed E-state index contributed by atoms with van der Waals surface area (Å²) in [6, 6.07) is 6.01. The maximum absolute atomic E-state index is 12.2. The van der Waals surface area contributed by atoms with E-state index in [0.29, 0.717) is 11.1 Å². The lowest BCUT2D eigenvalue weighted by atomic mass is 9.85. The van der Waals surface area contributed by atoms with Crippen molar-refractivity contribution in [3.8, 4) is 0 Å². The van der Waals surface area contributed by atoms with Gasteiger partial charge in [0.05, 0.1) is 0 Å². The summed E-state index contributed by atoms with van der Waals surface area (Å²) in [5.41, 5.74) is 1.44. The molecule has 2 amide bonds. The number of hydrogen-bond donors (Lipinski definition) is 3. The minimum atomic E-state index is -1.25. The van der Waals surface area contributed by atoms with Crippen molar-refractivity contribution >= 4 is 17.6 Å². The molecule has 1 aliphatic carbocycles. The number of hydrogen-bond acceptors (Lipinski definition) is 4. The molecule has 0 saturated carbocycles. The van der Waals surface area contributed by atoms with Crippen molar-refractivity contribution in [2.75, 3.05) is 6.54 Å². The molecule has 6 nitrogen and oxygen atoms in total. The maximum Gasteiger partial charge on any atom is 0.328 e. The summed E-state index contributed by atoms with van der Waals surface area (Å²) in [6.07, 6.45) is 0. The van der Waals surface area contributed by atoms with Crippen LogP contribution in [0.4, 0.5) is 4.79 Å². The van der Waals surface area contributed by atoms with E-state index in [2.05, 4.69) is 5.32 Å². The van der Waals surface area contributed by atoms with E-state index in [4.69, 9.17) is 5.84 Å². The van der Waals surface area contributed by atoms with Gasteiger partial charge in [0.15, 0.2) is 11.6 Å². The Kier molecular flexibility index (Phi) is 2.88. The molecule has 0 aromatic heterocycles. The Bertz CT molecular complexity index is 504. The zero-order valence-corrected chi connectivity index (χ0v) is 9.82. The monoisotopic (exact) mass is 247 g/mol. The Morgan fingerprint density at radius 1 is 1.22 bits per heavy atom. The normalized spacial score (nSPS) is 16.3. The average molecular weight is 247 g/mol. The Morgan fingerprint density at radius 3 is 2.17 bits per heavy atom. The van der Waals surface area contributed by atoms with Gasteiger partial charge in [0, 0.05) is 17.7 Å². The van der Waals surface area contributed by atoms with E-state index in [0.717, 1.165) is 0 Å². The highest BCUT2D eigenvalue weighted by Crippen LogP contribution is 2.35. The zero-order chi connectivity index (χ0) is 13.3. The molecule has 0 fully saturated rings. The minimum Gasteiger partial charge on any atom is -0.336 e. The highest BCUT2D eigenvalue weighted by Gasteiger charge is 2.49. The molecule has 2 rings (SSSR count). The van der Waals surface area contributed by atoms with Crippen LogP contribution < -0.4 is 16.6 Å². The van der Waals surface area contributed by atoms with Crippen molar-refractivity contribution < 1.29 is 14.4 Å². The van der Waals surface area contributed by atoms with Gasteiger partial charge in [0.1, 0.15) is 5.41 Å². The third-order valence-electron chi connectivity index (χ3n) is 3.15. The number of nitrogens with two attached hydrogens (primary N) is 1. The summed E-state index contributed by atoms with van der Waals surface area (Å²) in [4.78, 5) is 35.4. The van der Waals surface area contributed by atoms with Gasteiger partial charge in [-0.15, -0.1) is 0 Å². The average Bonchev–Trinajstić information content (AvgIpc) is 2.59. The van der Waals surface area contributed by atoms with E-state index < -0.39 is 11.4 Å². The fourth-order valence-corrected chi connectivity index (χ4v) is 2.05. The van der Waals surface area contributed by atoms with Crippen LogP contribution in [0.1, 0.15) is 27.6 Å². The standard InChI is InChI=1S/C12H13N3O3/c1-12(6-14-11(18)15-13)9(16)7-4-2-3-5-8(7)10(12)17/h2-5H,6,13H2,1H3,(H2,14,15,18). The fourth-order valence-electron chi connectivity index (χ4n) is 2.05. The maximum atomic E-state index is 12.2. The summed E-state index contributed by atoms with van der Waals surface area (Å²) in [6.45, 7) is 1.44. The van der Waals surface area contributed by atoms with E-state index >= 15 is 0 Å². The minimum absolute atomic E-state index is 0.0810. The number of rotatable bonds is 2. The van der Waals surface area contributed by atoms with Crippen LogP contribution >= 0.6 is 0 Å². The molecule has 0 saturated heterocycles. The summed E-state index contributed by atoms with van der Waals surface area (Å²) in [7, 11) is 0. The van der Waals surface area contributed by atoms with Gasteiger partial charge in [0.2, 0.25) is 0 Å². The van der Waals surface area contributed by atoms with E-state index in [1.165, 1.54) is 6.92 Å². The van der Waals surface area contributed by atoms with E-state index in [1.807, 2.05) is 5.43 Å².